The Morgan fingerprint density at radius 3 is 2.67 bits per heavy atom. The van der Waals surface area contributed by atoms with Crippen molar-refractivity contribution in [1.82, 2.24) is 5.32 Å². The van der Waals surface area contributed by atoms with Gasteiger partial charge in [0.25, 0.3) is 0 Å². The van der Waals surface area contributed by atoms with Crippen LogP contribution in [0.5, 0.6) is 0 Å². The van der Waals surface area contributed by atoms with Crippen LogP contribution in [-0.4, -0.2) is 30.6 Å². The molecule has 12 heavy (non-hydrogen) atoms. The third kappa shape index (κ3) is 2.29. The quantitative estimate of drug-likeness (QED) is 0.640. The van der Waals surface area contributed by atoms with Crippen LogP contribution in [-0.2, 0) is 4.79 Å². The van der Waals surface area contributed by atoms with Gasteiger partial charge in [-0.25, -0.2) is 0 Å². The molecule has 1 aliphatic carbocycles. The first-order valence-corrected chi connectivity index (χ1v) is 4.62. The average molecular weight is 171 g/mol. The lowest BCUT2D eigenvalue weighted by atomic mass is 9.98. The van der Waals surface area contributed by atoms with E-state index in [9.17, 15) is 9.90 Å². The van der Waals surface area contributed by atoms with Gasteiger partial charge in [0.15, 0.2) is 5.78 Å². The van der Waals surface area contributed by atoms with E-state index in [1.807, 2.05) is 0 Å². The number of rotatable bonds is 4. The Balaban J connectivity index is 2.34. The van der Waals surface area contributed by atoms with Gasteiger partial charge in [-0.3, -0.25) is 4.79 Å². The first-order valence-electron chi connectivity index (χ1n) is 4.62. The maximum absolute atomic E-state index is 11.4. The molecule has 1 rings (SSSR count). The Kier molecular flexibility index (Phi) is 3.69. The van der Waals surface area contributed by atoms with Crippen LogP contribution in [0.2, 0.25) is 0 Å². The first kappa shape index (κ1) is 9.68. The molecule has 2 N–H and O–H groups in total. The largest absolute Gasteiger partial charge is 0.384 e. The van der Waals surface area contributed by atoms with Crippen molar-refractivity contribution >= 4 is 5.78 Å². The van der Waals surface area contributed by atoms with Crippen molar-refractivity contribution in [3.8, 4) is 0 Å². The maximum Gasteiger partial charge on any atom is 0.165 e. The number of aliphatic hydroxyl groups is 1. The van der Waals surface area contributed by atoms with E-state index in [1.165, 1.54) is 0 Å². The van der Waals surface area contributed by atoms with Crippen LogP contribution in [0, 0.1) is 5.92 Å². The molecule has 0 aromatic carbocycles. The molecular formula is C9H17NO2. The Morgan fingerprint density at radius 1 is 1.58 bits per heavy atom. The van der Waals surface area contributed by atoms with E-state index in [-0.39, 0.29) is 11.7 Å². The van der Waals surface area contributed by atoms with Crippen molar-refractivity contribution < 1.29 is 9.90 Å². The molecule has 0 aliphatic heterocycles. The van der Waals surface area contributed by atoms with Crippen LogP contribution >= 0.6 is 0 Å². The van der Waals surface area contributed by atoms with Gasteiger partial charge in [-0.15, -0.1) is 0 Å². The molecule has 0 bridgehead atoms. The van der Waals surface area contributed by atoms with Crippen molar-refractivity contribution in [3.05, 3.63) is 0 Å². The summed E-state index contributed by atoms with van der Waals surface area (Å²) in [5.74, 6) is 0.162. The Morgan fingerprint density at radius 2 is 2.17 bits per heavy atom. The van der Waals surface area contributed by atoms with Gasteiger partial charge >= 0.3 is 0 Å². The van der Waals surface area contributed by atoms with Crippen LogP contribution in [0.15, 0.2) is 0 Å². The second-order valence-electron chi connectivity index (χ2n) is 3.46. The summed E-state index contributed by atoms with van der Waals surface area (Å²) in [6.45, 7) is 0.384. The van der Waals surface area contributed by atoms with Crippen molar-refractivity contribution in [1.29, 1.82) is 0 Å². The minimum absolute atomic E-state index is 0.0295. The van der Waals surface area contributed by atoms with E-state index in [1.54, 1.807) is 7.05 Å². The maximum atomic E-state index is 11.4. The van der Waals surface area contributed by atoms with Crippen LogP contribution in [0.1, 0.15) is 25.7 Å². The van der Waals surface area contributed by atoms with Gasteiger partial charge in [0, 0.05) is 12.5 Å². The zero-order valence-corrected chi connectivity index (χ0v) is 7.55. The van der Waals surface area contributed by atoms with E-state index in [4.69, 9.17) is 0 Å². The lowest BCUT2D eigenvalue weighted by molar-refractivity contribution is -0.130. The van der Waals surface area contributed by atoms with E-state index >= 15 is 0 Å². The molecule has 3 nitrogen and oxygen atoms in total. The predicted octanol–water partition coefficient (Wildman–Crippen LogP) is 0.326. The topological polar surface area (TPSA) is 49.3 Å². The number of hydrogen-bond donors (Lipinski definition) is 2. The fourth-order valence-corrected chi connectivity index (χ4v) is 1.78. The minimum Gasteiger partial charge on any atom is -0.384 e. The zero-order chi connectivity index (χ0) is 8.97. The highest BCUT2D eigenvalue weighted by atomic mass is 16.3. The van der Waals surface area contributed by atoms with Crippen molar-refractivity contribution in [2.45, 2.75) is 31.8 Å². The van der Waals surface area contributed by atoms with Gasteiger partial charge in [0.1, 0.15) is 6.10 Å². The molecule has 0 radical (unpaired) electrons. The SMILES string of the molecule is CNCC(O)C(=O)C1CCCC1. The molecule has 0 amide bonds. The number of Topliss-reactive ketones (excluding diaryl/α,β-unsaturated/α-hetero) is 1. The third-order valence-corrected chi connectivity index (χ3v) is 2.48. The molecule has 3 heteroatoms. The Bertz CT molecular complexity index is 153. The van der Waals surface area contributed by atoms with E-state index in [0.717, 1.165) is 25.7 Å². The molecule has 0 aromatic heterocycles. The second-order valence-corrected chi connectivity index (χ2v) is 3.46. The molecule has 70 valence electrons. The zero-order valence-electron chi connectivity index (χ0n) is 7.55. The monoisotopic (exact) mass is 171 g/mol. The number of ketones is 1. The number of carbonyl (C=O) groups excluding carboxylic acids is 1. The molecule has 0 heterocycles. The molecule has 1 atom stereocenters. The number of nitrogens with one attached hydrogen (secondary N) is 1. The summed E-state index contributed by atoms with van der Waals surface area (Å²) in [5, 5.41) is 12.2. The van der Waals surface area contributed by atoms with Gasteiger partial charge in [0.05, 0.1) is 0 Å². The van der Waals surface area contributed by atoms with E-state index in [2.05, 4.69) is 5.32 Å². The molecule has 1 aliphatic rings. The lowest BCUT2D eigenvalue weighted by Gasteiger charge is -2.13. The highest BCUT2D eigenvalue weighted by Crippen LogP contribution is 2.26. The standard InChI is InChI=1S/C9H17NO2/c1-10-6-8(11)9(12)7-4-2-3-5-7/h7-8,10-11H,2-6H2,1H3. The molecule has 1 fully saturated rings. The van der Waals surface area contributed by atoms with Crippen LogP contribution in [0.3, 0.4) is 0 Å². The second kappa shape index (κ2) is 4.58. The summed E-state index contributed by atoms with van der Waals surface area (Å²) >= 11 is 0. The van der Waals surface area contributed by atoms with Crippen LogP contribution < -0.4 is 5.32 Å². The summed E-state index contributed by atoms with van der Waals surface area (Å²) in [6.07, 6.45) is 3.43. The summed E-state index contributed by atoms with van der Waals surface area (Å²) in [7, 11) is 1.74. The smallest absolute Gasteiger partial charge is 0.165 e. The van der Waals surface area contributed by atoms with Crippen LogP contribution in [0.25, 0.3) is 0 Å². The van der Waals surface area contributed by atoms with Crippen molar-refractivity contribution in [2.75, 3.05) is 13.6 Å². The first-order chi connectivity index (χ1) is 5.75. The lowest BCUT2D eigenvalue weighted by Crippen LogP contribution is -2.34. The van der Waals surface area contributed by atoms with Gasteiger partial charge < -0.3 is 10.4 Å². The molecular weight excluding hydrogens is 154 g/mol. The van der Waals surface area contributed by atoms with Crippen LogP contribution in [0.4, 0.5) is 0 Å². The summed E-state index contributed by atoms with van der Waals surface area (Å²) in [4.78, 5) is 11.4. The van der Waals surface area contributed by atoms with E-state index < -0.39 is 6.10 Å². The minimum atomic E-state index is -0.793. The van der Waals surface area contributed by atoms with Crippen molar-refractivity contribution in [3.63, 3.8) is 0 Å². The summed E-state index contributed by atoms with van der Waals surface area (Å²) < 4.78 is 0. The number of aliphatic hydroxyl groups excluding tert-OH is 1. The summed E-state index contributed by atoms with van der Waals surface area (Å²) in [5.41, 5.74) is 0. The fourth-order valence-electron chi connectivity index (χ4n) is 1.78. The van der Waals surface area contributed by atoms with Gasteiger partial charge in [-0.2, -0.15) is 0 Å². The molecule has 0 saturated heterocycles. The predicted molar refractivity (Wildman–Crippen MR) is 46.9 cm³/mol. The third-order valence-electron chi connectivity index (χ3n) is 2.48. The molecule has 0 aromatic rings. The Hall–Kier alpha value is -0.410. The highest BCUT2D eigenvalue weighted by Gasteiger charge is 2.27. The van der Waals surface area contributed by atoms with Crippen molar-refractivity contribution in [2.24, 2.45) is 5.92 Å². The molecule has 1 unspecified atom stereocenters. The number of carbonyl (C=O) groups is 1. The Labute approximate surface area is 73.2 Å². The number of likely N-dealkylation sites (N-methyl/N-ethyl adjacent to an activating group) is 1. The average Bonchev–Trinajstić information content (AvgIpc) is 2.55. The number of hydrogen-bond acceptors (Lipinski definition) is 3. The van der Waals surface area contributed by atoms with Gasteiger partial charge in [0.2, 0.25) is 0 Å². The summed E-state index contributed by atoms with van der Waals surface area (Å²) in [6, 6.07) is 0. The normalized spacial score (nSPS) is 21.2. The molecule has 1 saturated carbocycles. The highest BCUT2D eigenvalue weighted by molar-refractivity contribution is 5.85. The van der Waals surface area contributed by atoms with E-state index in [0.29, 0.717) is 6.54 Å². The fraction of sp³-hybridized carbons (Fsp3) is 0.889. The molecule has 0 spiro atoms. The van der Waals surface area contributed by atoms with Gasteiger partial charge in [-0.05, 0) is 19.9 Å². The van der Waals surface area contributed by atoms with Gasteiger partial charge in [-0.1, -0.05) is 12.8 Å².